The Morgan fingerprint density at radius 3 is 2.56 bits per heavy atom. The summed E-state index contributed by atoms with van der Waals surface area (Å²) in [7, 11) is 0. The van der Waals surface area contributed by atoms with Crippen molar-refractivity contribution in [1.29, 1.82) is 0 Å². The molecule has 5 heteroatoms. The summed E-state index contributed by atoms with van der Waals surface area (Å²) in [5.74, 6) is 0. The van der Waals surface area contributed by atoms with Crippen LogP contribution in [0.25, 0.3) is 0 Å². The molecule has 1 aromatic rings. The molecule has 0 aliphatic rings. The van der Waals surface area contributed by atoms with Gasteiger partial charge in [-0.05, 0) is 47.6 Å². The largest absolute Gasteiger partial charge is 0.444 e. The Balaban J connectivity index is 2.49. The van der Waals surface area contributed by atoms with Gasteiger partial charge in [0.2, 0.25) is 0 Å². The third-order valence-corrected chi connectivity index (χ3v) is 2.31. The van der Waals surface area contributed by atoms with E-state index in [1.165, 1.54) is 0 Å². The number of ether oxygens (including phenoxy) is 1. The van der Waals surface area contributed by atoms with Gasteiger partial charge in [-0.3, -0.25) is 4.68 Å². The molecule has 1 aromatic heterocycles. The number of aryl methyl sites for hydroxylation is 2. The van der Waals surface area contributed by atoms with Crippen LogP contribution in [-0.2, 0) is 11.3 Å². The van der Waals surface area contributed by atoms with Crippen molar-refractivity contribution in [3.63, 3.8) is 0 Å². The molecular weight excluding hydrogens is 230 g/mol. The summed E-state index contributed by atoms with van der Waals surface area (Å²) in [6, 6.07) is 1.98. The second kappa shape index (κ2) is 5.42. The van der Waals surface area contributed by atoms with E-state index in [0.29, 0.717) is 6.54 Å². The van der Waals surface area contributed by atoms with Crippen LogP contribution in [0.1, 0.15) is 39.1 Å². The van der Waals surface area contributed by atoms with Crippen LogP contribution in [0.3, 0.4) is 0 Å². The summed E-state index contributed by atoms with van der Waals surface area (Å²) >= 11 is 0. The molecule has 1 atom stereocenters. The van der Waals surface area contributed by atoms with Crippen LogP contribution in [0.15, 0.2) is 6.07 Å². The van der Waals surface area contributed by atoms with E-state index < -0.39 is 11.7 Å². The highest BCUT2D eigenvalue weighted by Gasteiger charge is 2.18. The number of amides is 1. The van der Waals surface area contributed by atoms with E-state index in [-0.39, 0.29) is 6.04 Å². The van der Waals surface area contributed by atoms with E-state index in [0.717, 1.165) is 11.4 Å². The van der Waals surface area contributed by atoms with Gasteiger partial charge in [-0.2, -0.15) is 5.10 Å². The van der Waals surface area contributed by atoms with Gasteiger partial charge in [0, 0.05) is 11.7 Å². The average molecular weight is 253 g/mol. The predicted octanol–water partition coefficient (Wildman–Crippen LogP) is 2.41. The van der Waals surface area contributed by atoms with Gasteiger partial charge in [-0.15, -0.1) is 0 Å². The zero-order valence-electron chi connectivity index (χ0n) is 12.1. The molecule has 0 aliphatic carbocycles. The topological polar surface area (TPSA) is 56.2 Å². The minimum Gasteiger partial charge on any atom is -0.444 e. The number of aromatic nitrogens is 2. The molecule has 1 rings (SSSR count). The molecule has 0 fully saturated rings. The smallest absolute Gasteiger partial charge is 0.407 e. The quantitative estimate of drug-likeness (QED) is 0.900. The highest BCUT2D eigenvalue weighted by molar-refractivity contribution is 5.67. The van der Waals surface area contributed by atoms with Gasteiger partial charge >= 0.3 is 6.09 Å². The van der Waals surface area contributed by atoms with E-state index in [9.17, 15) is 4.79 Å². The molecule has 5 nitrogen and oxygen atoms in total. The molecule has 1 N–H and O–H groups in total. The Hall–Kier alpha value is -1.52. The molecule has 0 aliphatic heterocycles. The lowest BCUT2D eigenvalue weighted by atomic mass is 10.2. The first-order valence-corrected chi connectivity index (χ1v) is 6.18. The van der Waals surface area contributed by atoms with Crippen LogP contribution in [-0.4, -0.2) is 27.5 Å². The lowest BCUT2D eigenvalue weighted by Gasteiger charge is -2.22. The molecule has 1 heterocycles. The number of nitrogens with zero attached hydrogens (tertiary/aromatic N) is 2. The van der Waals surface area contributed by atoms with E-state index in [2.05, 4.69) is 10.4 Å². The zero-order chi connectivity index (χ0) is 13.9. The molecule has 0 saturated carbocycles. The summed E-state index contributed by atoms with van der Waals surface area (Å²) in [6.45, 7) is 12.1. The number of alkyl carbamates (subject to hydrolysis) is 1. The first-order chi connectivity index (χ1) is 8.17. The van der Waals surface area contributed by atoms with Crippen molar-refractivity contribution in [3.05, 3.63) is 17.5 Å². The molecule has 0 bridgehead atoms. The summed E-state index contributed by atoms with van der Waals surface area (Å²) in [4.78, 5) is 11.6. The Labute approximate surface area is 109 Å². The number of hydrogen-bond acceptors (Lipinski definition) is 3. The molecule has 0 spiro atoms. The molecule has 18 heavy (non-hydrogen) atoms. The Kier molecular flexibility index (Phi) is 4.38. The third-order valence-electron chi connectivity index (χ3n) is 2.31. The van der Waals surface area contributed by atoms with E-state index in [1.54, 1.807) is 0 Å². The molecular formula is C13H23N3O2. The fourth-order valence-electron chi connectivity index (χ4n) is 1.67. The Bertz CT molecular complexity index is 418. The Morgan fingerprint density at radius 1 is 1.50 bits per heavy atom. The fraction of sp³-hybridized carbons (Fsp3) is 0.692. The summed E-state index contributed by atoms with van der Waals surface area (Å²) in [6.07, 6.45) is -0.392. The van der Waals surface area contributed by atoms with E-state index in [1.807, 2.05) is 52.3 Å². The number of hydrogen-bond donors (Lipinski definition) is 1. The maximum atomic E-state index is 11.6. The van der Waals surface area contributed by atoms with Gasteiger partial charge in [-0.1, -0.05) is 0 Å². The number of carbonyl (C=O) groups excluding carboxylic acids is 1. The van der Waals surface area contributed by atoms with E-state index >= 15 is 0 Å². The van der Waals surface area contributed by atoms with Crippen molar-refractivity contribution in [3.8, 4) is 0 Å². The molecule has 0 saturated heterocycles. The first kappa shape index (κ1) is 14.5. The van der Waals surface area contributed by atoms with Crippen molar-refractivity contribution in [2.75, 3.05) is 0 Å². The van der Waals surface area contributed by atoms with Crippen molar-refractivity contribution in [2.45, 2.75) is 59.7 Å². The number of rotatable bonds is 3. The molecule has 0 aromatic carbocycles. The predicted molar refractivity (Wildman–Crippen MR) is 70.5 cm³/mol. The van der Waals surface area contributed by atoms with Gasteiger partial charge in [0.25, 0.3) is 0 Å². The van der Waals surface area contributed by atoms with Crippen molar-refractivity contribution in [2.24, 2.45) is 0 Å². The van der Waals surface area contributed by atoms with Gasteiger partial charge < -0.3 is 10.1 Å². The molecule has 1 amide bonds. The Morgan fingerprint density at radius 2 is 2.11 bits per heavy atom. The third kappa shape index (κ3) is 4.77. The van der Waals surface area contributed by atoms with Crippen molar-refractivity contribution < 1.29 is 9.53 Å². The van der Waals surface area contributed by atoms with Gasteiger partial charge in [0.1, 0.15) is 5.60 Å². The van der Waals surface area contributed by atoms with Crippen LogP contribution in [0, 0.1) is 13.8 Å². The minimum atomic E-state index is -0.470. The normalized spacial score (nSPS) is 13.2. The summed E-state index contributed by atoms with van der Waals surface area (Å²) in [5, 5.41) is 7.16. The second-order valence-electron chi connectivity index (χ2n) is 5.66. The average Bonchev–Trinajstić information content (AvgIpc) is 2.40. The van der Waals surface area contributed by atoms with Crippen LogP contribution < -0.4 is 5.32 Å². The maximum absolute atomic E-state index is 11.6. The monoisotopic (exact) mass is 253 g/mol. The fourth-order valence-corrected chi connectivity index (χ4v) is 1.67. The lowest BCUT2D eigenvalue weighted by molar-refractivity contribution is 0.0503. The highest BCUT2D eigenvalue weighted by atomic mass is 16.6. The van der Waals surface area contributed by atoms with E-state index in [4.69, 9.17) is 4.74 Å². The van der Waals surface area contributed by atoms with Crippen molar-refractivity contribution in [1.82, 2.24) is 15.1 Å². The standard InChI is InChI=1S/C13H23N3O2/c1-9-7-11(3)16(15-9)8-10(2)14-12(17)18-13(4,5)6/h7,10H,8H2,1-6H3,(H,14,17). The second-order valence-corrected chi connectivity index (χ2v) is 5.66. The van der Waals surface area contributed by atoms with Crippen LogP contribution >= 0.6 is 0 Å². The molecule has 102 valence electrons. The SMILES string of the molecule is Cc1cc(C)n(CC(C)NC(=O)OC(C)(C)C)n1. The lowest BCUT2D eigenvalue weighted by Crippen LogP contribution is -2.39. The maximum Gasteiger partial charge on any atom is 0.407 e. The van der Waals surface area contributed by atoms with Gasteiger partial charge in [0.05, 0.1) is 12.2 Å². The zero-order valence-corrected chi connectivity index (χ0v) is 12.1. The van der Waals surface area contributed by atoms with Gasteiger partial charge in [-0.25, -0.2) is 4.79 Å². The van der Waals surface area contributed by atoms with Crippen LogP contribution in [0.5, 0.6) is 0 Å². The van der Waals surface area contributed by atoms with Crippen LogP contribution in [0.2, 0.25) is 0 Å². The number of nitrogens with one attached hydrogen (secondary N) is 1. The van der Waals surface area contributed by atoms with Crippen LogP contribution in [0.4, 0.5) is 4.79 Å². The molecule has 1 unspecified atom stereocenters. The summed E-state index contributed by atoms with van der Waals surface area (Å²) in [5.41, 5.74) is 1.60. The van der Waals surface area contributed by atoms with Gasteiger partial charge in [0.15, 0.2) is 0 Å². The number of carbonyl (C=O) groups is 1. The first-order valence-electron chi connectivity index (χ1n) is 6.18. The summed E-state index contributed by atoms with van der Waals surface area (Å²) < 4.78 is 7.09. The highest BCUT2D eigenvalue weighted by Crippen LogP contribution is 2.07. The molecule has 0 radical (unpaired) electrons. The minimum absolute atomic E-state index is 0.0298. The van der Waals surface area contributed by atoms with Crippen molar-refractivity contribution >= 4 is 6.09 Å².